The van der Waals surface area contributed by atoms with Crippen molar-refractivity contribution in [2.45, 2.75) is 0 Å². The molecule has 3 heteroatoms. The maximum Gasteiger partial charge on any atom is 0.118 e. The third-order valence-corrected chi connectivity index (χ3v) is 1.40. The van der Waals surface area contributed by atoms with E-state index in [2.05, 4.69) is 5.92 Å². The Balaban J connectivity index is 2.83. The molecule has 1 aromatic carbocycles. The standard InChI is InChI=1S/C10H8O3/c1-13-9-5-2-8(3-6-9)4-7-10(11)12/h2-3,5-6H,1H3,(H,11,12)/p-1. The van der Waals surface area contributed by atoms with Gasteiger partial charge in [0.15, 0.2) is 0 Å². The van der Waals surface area contributed by atoms with Gasteiger partial charge in [-0.25, -0.2) is 0 Å². The fourth-order valence-corrected chi connectivity index (χ4v) is 0.798. The Morgan fingerprint density at radius 3 is 2.46 bits per heavy atom. The van der Waals surface area contributed by atoms with E-state index in [0.29, 0.717) is 11.3 Å². The van der Waals surface area contributed by atoms with Crippen LogP contribution in [0.5, 0.6) is 5.75 Å². The molecule has 0 heterocycles. The van der Waals surface area contributed by atoms with Gasteiger partial charge in [-0.2, -0.15) is 0 Å². The summed E-state index contributed by atoms with van der Waals surface area (Å²) >= 11 is 0. The molecular weight excluding hydrogens is 168 g/mol. The molecule has 0 aliphatic rings. The van der Waals surface area contributed by atoms with Gasteiger partial charge >= 0.3 is 0 Å². The molecule has 0 fully saturated rings. The van der Waals surface area contributed by atoms with Crippen molar-refractivity contribution in [1.29, 1.82) is 0 Å². The summed E-state index contributed by atoms with van der Waals surface area (Å²) < 4.78 is 4.92. The molecule has 1 aromatic rings. The number of hydrogen-bond acceptors (Lipinski definition) is 3. The monoisotopic (exact) mass is 175 g/mol. The van der Waals surface area contributed by atoms with Crippen molar-refractivity contribution in [3.8, 4) is 17.6 Å². The molecule has 13 heavy (non-hydrogen) atoms. The fourth-order valence-electron chi connectivity index (χ4n) is 0.798. The lowest BCUT2D eigenvalue weighted by Gasteiger charge is -1.97. The molecule has 0 unspecified atom stereocenters. The number of hydrogen-bond donors (Lipinski definition) is 0. The Kier molecular flexibility index (Phi) is 2.93. The Morgan fingerprint density at radius 1 is 1.38 bits per heavy atom. The molecule has 0 aromatic heterocycles. The Labute approximate surface area is 76.0 Å². The van der Waals surface area contributed by atoms with Crippen molar-refractivity contribution in [3.63, 3.8) is 0 Å². The molecule has 0 N–H and O–H groups in total. The highest BCUT2D eigenvalue weighted by molar-refractivity contribution is 5.85. The summed E-state index contributed by atoms with van der Waals surface area (Å²) in [7, 11) is 1.56. The molecule has 0 amide bonds. The van der Waals surface area contributed by atoms with Crippen LogP contribution in [-0.4, -0.2) is 13.1 Å². The molecule has 0 bridgehead atoms. The molecule has 66 valence electrons. The fraction of sp³-hybridized carbons (Fsp3) is 0.100. The molecule has 0 saturated carbocycles. The van der Waals surface area contributed by atoms with Crippen molar-refractivity contribution >= 4 is 5.97 Å². The zero-order chi connectivity index (χ0) is 9.68. The van der Waals surface area contributed by atoms with Crippen molar-refractivity contribution in [2.24, 2.45) is 0 Å². The number of ether oxygens (including phenoxy) is 1. The summed E-state index contributed by atoms with van der Waals surface area (Å²) in [5.74, 6) is 3.67. The van der Waals surface area contributed by atoms with Gasteiger partial charge in [0.1, 0.15) is 11.7 Å². The predicted octanol–water partition coefficient (Wildman–Crippen LogP) is -0.203. The van der Waals surface area contributed by atoms with Crippen LogP contribution in [0.4, 0.5) is 0 Å². The molecule has 1 rings (SSSR count). The quantitative estimate of drug-likeness (QED) is 0.555. The Hall–Kier alpha value is -1.95. The van der Waals surface area contributed by atoms with E-state index in [4.69, 9.17) is 4.74 Å². The molecule has 0 aliphatic carbocycles. The molecule has 0 spiro atoms. The minimum Gasteiger partial charge on any atom is -0.537 e. The van der Waals surface area contributed by atoms with Crippen LogP contribution in [0.25, 0.3) is 0 Å². The average molecular weight is 175 g/mol. The van der Waals surface area contributed by atoms with E-state index in [-0.39, 0.29) is 0 Å². The zero-order valence-corrected chi connectivity index (χ0v) is 7.03. The average Bonchev–Trinajstić information content (AvgIpc) is 2.15. The lowest BCUT2D eigenvalue weighted by molar-refractivity contribution is -0.295. The zero-order valence-electron chi connectivity index (χ0n) is 7.03. The minimum absolute atomic E-state index is 0.616. The summed E-state index contributed by atoms with van der Waals surface area (Å²) in [6.45, 7) is 0. The van der Waals surface area contributed by atoms with Gasteiger partial charge in [0, 0.05) is 5.56 Å². The third kappa shape index (κ3) is 2.88. The van der Waals surface area contributed by atoms with E-state index in [1.165, 1.54) is 0 Å². The van der Waals surface area contributed by atoms with E-state index >= 15 is 0 Å². The largest absolute Gasteiger partial charge is 0.537 e. The smallest absolute Gasteiger partial charge is 0.118 e. The minimum atomic E-state index is -1.38. The summed E-state index contributed by atoms with van der Waals surface area (Å²) in [5, 5.41) is 9.99. The maximum absolute atomic E-state index is 9.99. The maximum atomic E-state index is 9.99. The first-order chi connectivity index (χ1) is 6.22. The van der Waals surface area contributed by atoms with Gasteiger partial charge in [0.2, 0.25) is 0 Å². The number of aliphatic carboxylic acids is 1. The van der Waals surface area contributed by atoms with Crippen molar-refractivity contribution < 1.29 is 14.6 Å². The van der Waals surface area contributed by atoms with Crippen molar-refractivity contribution in [2.75, 3.05) is 7.11 Å². The summed E-state index contributed by atoms with van der Waals surface area (Å²) in [4.78, 5) is 9.99. The van der Waals surface area contributed by atoms with Gasteiger partial charge in [-0.3, -0.25) is 0 Å². The van der Waals surface area contributed by atoms with Crippen LogP contribution in [0, 0.1) is 11.8 Å². The first-order valence-corrected chi connectivity index (χ1v) is 3.59. The van der Waals surface area contributed by atoms with Gasteiger partial charge in [-0.05, 0) is 30.2 Å². The van der Waals surface area contributed by atoms with Gasteiger partial charge in [-0.1, -0.05) is 5.92 Å². The van der Waals surface area contributed by atoms with Crippen LogP contribution in [-0.2, 0) is 4.79 Å². The lowest BCUT2D eigenvalue weighted by atomic mass is 10.2. The number of rotatable bonds is 1. The molecule has 0 atom stereocenters. The van der Waals surface area contributed by atoms with E-state index < -0.39 is 5.97 Å². The first kappa shape index (κ1) is 9.14. The summed E-state index contributed by atoms with van der Waals surface area (Å²) in [6.07, 6.45) is 0. The van der Waals surface area contributed by atoms with Crippen LogP contribution in [0.1, 0.15) is 5.56 Å². The van der Waals surface area contributed by atoms with Crippen LogP contribution in [0.2, 0.25) is 0 Å². The number of carboxylic acids is 1. The number of carboxylic acid groups (broad SMARTS) is 1. The van der Waals surface area contributed by atoms with E-state index in [9.17, 15) is 9.90 Å². The molecular formula is C10H7O3-. The van der Waals surface area contributed by atoms with Gasteiger partial charge in [-0.15, -0.1) is 0 Å². The second kappa shape index (κ2) is 4.17. The highest BCUT2D eigenvalue weighted by atomic mass is 16.5. The van der Waals surface area contributed by atoms with Gasteiger partial charge in [0.25, 0.3) is 0 Å². The van der Waals surface area contributed by atoms with Crippen molar-refractivity contribution in [1.82, 2.24) is 0 Å². The number of carbonyl (C=O) groups excluding carboxylic acids is 1. The molecule has 3 nitrogen and oxygen atoms in total. The second-order valence-electron chi connectivity index (χ2n) is 2.27. The Bertz CT molecular complexity index is 354. The van der Waals surface area contributed by atoms with Crippen molar-refractivity contribution in [3.05, 3.63) is 29.8 Å². The van der Waals surface area contributed by atoms with Gasteiger partial charge in [0.05, 0.1) is 7.11 Å². The van der Waals surface area contributed by atoms with Crippen LogP contribution < -0.4 is 9.84 Å². The van der Waals surface area contributed by atoms with E-state index in [1.807, 2.05) is 5.92 Å². The van der Waals surface area contributed by atoms with Crippen LogP contribution in [0.3, 0.4) is 0 Å². The molecule has 0 aliphatic heterocycles. The first-order valence-electron chi connectivity index (χ1n) is 3.59. The summed E-state index contributed by atoms with van der Waals surface area (Å²) in [5.41, 5.74) is 0.616. The third-order valence-electron chi connectivity index (χ3n) is 1.40. The Morgan fingerprint density at radius 2 is 2.00 bits per heavy atom. The highest BCUT2D eigenvalue weighted by Gasteiger charge is 1.88. The summed E-state index contributed by atoms with van der Waals surface area (Å²) in [6, 6.07) is 6.77. The van der Waals surface area contributed by atoms with E-state index in [0.717, 1.165) is 0 Å². The SMILES string of the molecule is COc1ccc(C#CC(=O)[O-])cc1. The highest BCUT2D eigenvalue weighted by Crippen LogP contribution is 2.09. The van der Waals surface area contributed by atoms with E-state index in [1.54, 1.807) is 31.4 Å². The lowest BCUT2D eigenvalue weighted by Crippen LogP contribution is -2.19. The van der Waals surface area contributed by atoms with Gasteiger partial charge < -0.3 is 14.6 Å². The van der Waals surface area contributed by atoms with Crippen LogP contribution >= 0.6 is 0 Å². The topological polar surface area (TPSA) is 49.4 Å². The number of carbonyl (C=O) groups is 1. The normalized spacial score (nSPS) is 8.38. The number of methoxy groups -OCH3 is 1. The number of benzene rings is 1. The predicted molar refractivity (Wildman–Crippen MR) is 44.9 cm³/mol. The molecule has 0 radical (unpaired) electrons. The molecule has 0 saturated heterocycles. The second-order valence-corrected chi connectivity index (χ2v) is 2.27. The van der Waals surface area contributed by atoms with Crippen LogP contribution in [0.15, 0.2) is 24.3 Å².